The highest BCUT2D eigenvalue weighted by molar-refractivity contribution is 6.23. The number of anilines is 1. The van der Waals surface area contributed by atoms with E-state index in [0.717, 1.165) is 24.3 Å². The van der Waals surface area contributed by atoms with Crippen LogP contribution in [0.2, 0.25) is 0 Å². The van der Waals surface area contributed by atoms with Gasteiger partial charge in [0.15, 0.2) is 6.61 Å². The summed E-state index contributed by atoms with van der Waals surface area (Å²) in [6, 6.07) is 3.23. The van der Waals surface area contributed by atoms with Gasteiger partial charge in [0.25, 0.3) is 17.4 Å². The molecule has 3 rings (SSSR count). The van der Waals surface area contributed by atoms with Crippen molar-refractivity contribution in [3.05, 3.63) is 51.6 Å². The van der Waals surface area contributed by atoms with Crippen LogP contribution in [-0.2, 0) is 0 Å². The molecule has 0 unspecified atom stereocenters. The summed E-state index contributed by atoms with van der Waals surface area (Å²) in [7, 11) is 0. The maximum atomic E-state index is 13.6. The van der Waals surface area contributed by atoms with E-state index in [-0.39, 0.29) is 11.1 Å². The smallest absolute Gasteiger partial charge is 0.422 e. The Bertz CT molecular complexity index is 998. The molecular formula is C15H9F4N3O4. The van der Waals surface area contributed by atoms with E-state index in [0.29, 0.717) is 4.57 Å². The minimum absolute atomic E-state index is 0.275. The van der Waals surface area contributed by atoms with Crippen molar-refractivity contribution >= 4 is 17.6 Å². The van der Waals surface area contributed by atoms with E-state index in [2.05, 4.69) is 4.74 Å². The van der Waals surface area contributed by atoms with E-state index in [4.69, 9.17) is 5.73 Å². The third-order valence-electron chi connectivity index (χ3n) is 3.51. The minimum atomic E-state index is -4.67. The molecule has 136 valence electrons. The molecule has 26 heavy (non-hydrogen) atoms. The van der Waals surface area contributed by atoms with Gasteiger partial charge in [0, 0.05) is 12.1 Å². The number of fused-ring (bicyclic) bond motifs is 1. The molecule has 0 saturated heterocycles. The van der Waals surface area contributed by atoms with Crippen molar-refractivity contribution in [2.45, 2.75) is 6.18 Å². The molecule has 1 aliphatic rings. The number of nitrogens with two attached hydrogens (primary N) is 1. The van der Waals surface area contributed by atoms with Gasteiger partial charge in [-0.1, -0.05) is 0 Å². The fourth-order valence-electron chi connectivity index (χ4n) is 2.47. The van der Waals surface area contributed by atoms with Gasteiger partial charge in [-0.15, -0.1) is 0 Å². The number of ether oxygens (including phenoxy) is 1. The highest BCUT2D eigenvalue weighted by Crippen LogP contribution is 2.29. The van der Waals surface area contributed by atoms with Crippen LogP contribution in [0.15, 0.2) is 29.1 Å². The van der Waals surface area contributed by atoms with Crippen LogP contribution in [0.3, 0.4) is 0 Å². The van der Waals surface area contributed by atoms with Gasteiger partial charge >= 0.3 is 6.18 Å². The van der Waals surface area contributed by atoms with Crippen LogP contribution in [0.5, 0.6) is 5.75 Å². The second-order valence-corrected chi connectivity index (χ2v) is 5.29. The molecule has 0 atom stereocenters. The highest BCUT2D eigenvalue weighted by atomic mass is 19.4. The number of carbonyl (C=O) groups excluding carboxylic acids is 2. The van der Waals surface area contributed by atoms with Crippen LogP contribution in [-0.4, -0.2) is 29.2 Å². The molecule has 2 aromatic rings. The summed E-state index contributed by atoms with van der Waals surface area (Å²) in [4.78, 5) is 35.7. The normalized spacial score (nSPS) is 13.5. The van der Waals surface area contributed by atoms with Gasteiger partial charge in [-0.2, -0.15) is 13.2 Å². The summed E-state index contributed by atoms with van der Waals surface area (Å²) in [6.07, 6.45) is -4.67. The van der Waals surface area contributed by atoms with Crippen LogP contribution in [0, 0.1) is 5.82 Å². The number of benzene rings is 1. The van der Waals surface area contributed by atoms with Gasteiger partial charge in [-0.3, -0.25) is 24.3 Å². The van der Waals surface area contributed by atoms with E-state index in [9.17, 15) is 31.9 Å². The lowest BCUT2D eigenvalue weighted by Gasteiger charge is -2.17. The zero-order chi connectivity index (χ0) is 19.2. The molecule has 0 aliphatic carbocycles. The SMILES string of the molecule is Nc1c2c(cc(=O)n1-c1cc(F)ccc1OCC(F)(F)F)C(=O)NC2=O. The van der Waals surface area contributed by atoms with E-state index in [1.807, 2.05) is 5.32 Å². The Hall–Kier alpha value is -3.37. The van der Waals surface area contributed by atoms with Gasteiger partial charge in [0.1, 0.15) is 17.4 Å². The predicted octanol–water partition coefficient (Wildman–Crippen LogP) is 1.38. The fraction of sp³-hybridized carbons (Fsp3) is 0.133. The zero-order valence-electron chi connectivity index (χ0n) is 12.7. The molecule has 0 radical (unpaired) electrons. The van der Waals surface area contributed by atoms with E-state index < -0.39 is 53.2 Å². The lowest BCUT2D eigenvalue weighted by molar-refractivity contribution is -0.153. The number of amides is 2. The maximum Gasteiger partial charge on any atom is 0.422 e. The number of hydrogen-bond acceptors (Lipinski definition) is 5. The summed E-state index contributed by atoms with van der Waals surface area (Å²) in [6.45, 7) is -1.69. The third kappa shape index (κ3) is 2.98. The number of nitrogen functional groups attached to an aromatic ring is 1. The van der Waals surface area contributed by atoms with Crippen LogP contribution < -0.4 is 21.3 Å². The maximum absolute atomic E-state index is 13.6. The van der Waals surface area contributed by atoms with Gasteiger partial charge in [0.2, 0.25) is 0 Å². The Labute approximate surface area is 142 Å². The third-order valence-corrected chi connectivity index (χ3v) is 3.51. The molecule has 11 heteroatoms. The van der Waals surface area contributed by atoms with Crippen molar-refractivity contribution in [1.82, 2.24) is 9.88 Å². The Morgan fingerprint density at radius 2 is 1.81 bits per heavy atom. The second kappa shape index (κ2) is 5.86. The van der Waals surface area contributed by atoms with Crippen molar-refractivity contribution < 1.29 is 31.9 Å². The Kier molecular flexibility index (Phi) is 3.93. The number of aromatic nitrogens is 1. The van der Waals surface area contributed by atoms with Crippen molar-refractivity contribution in [1.29, 1.82) is 0 Å². The summed E-state index contributed by atoms with van der Waals surface area (Å²) in [5, 5.41) is 1.94. The number of alkyl halides is 3. The molecule has 2 heterocycles. The number of imide groups is 1. The predicted molar refractivity (Wildman–Crippen MR) is 79.8 cm³/mol. The summed E-state index contributed by atoms with van der Waals surface area (Å²) in [5.74, 6) is -3.62. The first-order chi connectivity index (χ1) is 12.1. The van der Waals surface area contributed by atoms with Crippen molar-refractivity contribution in [2.75, 3.05) is 12.3 Å². The summed E-state index contributed by atoms with van der Waals surface area (Å²) < 4.78 is 56.0. The molecule has 0 fully saturated rings. The number of carbonyl (C=O) groups is 2. The zero-order valence-corrected chi connectivity index (χ0v) is 12.7. The first kappa shape index (κ1) is 17.5. The lowest BCUT2D eigenvalue weighted by atomic mass is 10.1. The first-order valence-corrected chi connectivity index (χ1v) is 6.99. The number of nitrogens with zero attached hydrogens (tertiary/aromatic N) is 1. The average Bonchev–Trinajstić information content (AvgIpc) is 2.80. The number of halogens is 4. The molecule has 0 spiro atoms. The van der Waals surface area contributed by atoms with Gasteiger partial charge in [-0.05, 0) is 12.1 Å². The van der Waals surface area contributed by atoms with E-state index >= 15 is 0 Å². The van der Waals surface area contributed by atoms with Crippen molar-refractivity contribution in [3.63, 3.8) is 0 Å². The molecule has 2 amide bonds. The summed E-state index contributed by atoms with van der Waals surface area (Å²) >= 11 is 0. The largest absolute Gasteiger partial charge is 0.482 e. The van der Waals surface area contributed by atoms with Crippen molar-refractivity contribution in [2.24, 2.45) is 0 Å². The van der Waals surface area contributed by atoms with Crippen molar-refractivity contribution in [3.8, 4) is 11.4 Å². The molecule has 7 nitrogen and oxygen atoms in total. The number of pyridine rings is 1. The minimum Gasteiger partial charge on any atom is -0.482 e. The molecule has 0 bridgehead atoms. The highest BCUT2D eigenvalue weighted by Gasteiger charge is 2.33. The van der Waals surface area contributed by atoms with Crippen LogP contribution in [0.1, 0.15) is 20.7 Å². The molecule has 1 aromatic heterocycles. The summed E-state index contributed by atoms with van der Waals surface area (Å²) in [5.41, 5.74) is 3.77. The Morgan fingerprint density at radius 1 is 1.12 bits per heavy atom. The van der Waals surface area contributed by atoms with Gasteiger partial charge < -0.3 is 10.5 Å². The number of nitrogens with one attached hydrogen (secondary N) is 1. The van der Waals surface area contributed by atoms with E-state index in [1.54, 1.807) is 0 Å². The fourth-order valence-corrected chi connectivity index (χ4v) is 2.47. The molecule has 1 aliphatic heterocycles. The standard InChI is InChI=1S/C15H9F4N3O4/c16-6-1-2-9(26-5-15(17,18)19)8(3-6)22-10(23)4-7-11(12(22)20)14(25)21-13(7)24/h1-4H,5,20H2,(H,21,24,25). The number of rotatable bonds is 3. The molecular weight excluding hydrogens is 362 g/mol. The molecule has 0 saturated carbocycles. The molecule has 3 N–H and O–H groups in total. The molecule has 1 aromatic carbocycles. The first-order valence-electron chi connectivity index (χ1n) is 6.99. The Morgan fingerprint density at radius 3 is 2.46 bits per heavy atom. The van der Waals surface area contributed by atoms with Gasteiger partial charge in [0.05, 0.1) is 16.8 Å². The van der Waals surface area contributed by atoms with Crippen LogP contribution >= 0.6 is 0 Å². The van der Waals surface area contributed by atoms with Crippen LogP contribution in [0.4, 0.5) is 23.4 Å². The Balaban J connectivity index is 2.20. The lowest BCUT2D eigenvalue weighted by Crippen LogP contribution is -2.25. The second-order valence-electron chi connectivity index (χ2n) is 5.29. The average molecular weight is 371 g/mol. The quantitative estimate of drug-likeness (QED) is 0.627. The van der Waals surface area contributed by atoms with Crippen LogP contribution in [0.25, 0.3) is 5.69 Å². The van der Waals surface area contributed by atoms with Gasteiger partial charge in [-0.25, -0.2) is 4.39 Å². The number of hydrogen-bond donors (Lipinski definition) is 2. The van der Waals surface area contributed by atoms with E-state index in [1.165, 1.54) is 0 Å². The monoisotopic (exact) mass is 371 g/mol. The topological polar surface area (TPSA) is 103 Å².